The van der Waals surface area contributed by atoms with Gasteiger partial charge in [0.15, 0.2) is 0 Å². The molecule has 0 saturated heterocycles. The summed E-state index contributed by atoms with van der Waals surface area (Å²) in [7, 11) is 0. The van der Waals surface area contributed by atoms with E-state index in [2.05, 4.69) is 59.9 Å². The molecule has 0 aliphatic carbocycles. The Balaban J connectivity index is -0.000000402. The Labute approximate surface area is 185 Å². The van der Waals surface area contributed by atoms with E-state index < -0.39 is 11.5 Å². The third-order valence-corrected chi connectivity index (χ3v) is 2.76. The zero-order chi connectivity index (χ0) is 20.1. The average Bonchev–Trinajstić information content (AvgIpc) is 2.43. The molecule has 0 amide bonds. The van der Waals surface area contributed by atoms with Crippen LogP contribution in [-0.2, 0) is 19.2 Å². The number of ether oxygens (including phenoxy) is 1. The van der Waals surface area contributed by atoms with Gasteiger partial charge in [-0.25, -0.2) is 0 Å². The molecule has 1 N–H and O–H groups in total. The Bertz CT molecular complexity index is 333. The maximum absolute atomic E-state index is 11.3. The van der Waals surface area contributed by atoms with Gasteiger partial charge in [0.2, 0.25) is 0 Å². The van der Waals surface area contributed by atoms with Gasteiger partial charge in [-0.1, -0.05) is 55.4 Å². The fourth-order valence-electron chi connectivity index (χ4n) is 1.41. The number of aliphatic hydroxyl groups excluding tert-OH is 1. The van der Waals surface area contributed by atoms with Crippen molar-refractivity contribution in [1.82, 2.24) is 0 Å². The molecule has 24 heavy (non-hydrogen) atoms. The molecule has 0 aliphatic rings. The zero-order valence-corrected chi connectivity index (χ0v) is 23.7. The molecule has 0 aromatic rings. The van der Waals surface area contributed by atoms with Crippen LogP contribution in [0.2, 0.25) is 0 Å². The Hall–Kier alpha value is 1.87. The molecule has 8 heteroatoms. The fraction of sp³-hybridized carbons (Fsp3) is 0.875. The Kier molecular flexibility index (Phi) is 21.7. The number of rotatable bonds is 6. The second-order valence-corrected chi connectivity index (χ2v) is 42.4. The molecule has 0 heterocycles. The number of aliphatic hydroxyl groups is 1. The minimum atomic E-state index is -0.461. The predicted octanol–water partition coefficient (Wildman–Crippen LogP) is 5.72. The number of hydrogen-bond acceptors (Lipinski definition) is 4. The van der Waals surface area contributed by atoms with E-state index in [1.54, 1.807) is 13.8 Å². The van der Waals surface area contributed by atoms with E-state index in [0.29, 0.717) is 0 Å². The van der Waals surface area contributed by atoms with Crippen LogP contribution < -0.4 is 0 Å². The van der Waals surface area contributed by atoms with Crippen molar-refractivity contribution in [1.29, 1.82) is 0 Å². The molecular weight excluding hydrogens is 688 g/mol. The first-order chi connectivity index (χ1) is 10.7. The number of halogens is 3. The molecule has 0 radical (unpaired) electrons. The van der Waals surface area contributed by atoms with Gasteiger partial charge in [0, 0.05) is 11.3 Å². The molecule has 0 spiro atoms. The molecule has 0 aliphatic heterocycles. The van der Waals surface area contributed by atoms with Gasteiger partial charge < -0.3 is 14.6 Å². The molecule has 0 aromatic heterocycles. The summed E-state index contributed by atoms with van der Waals surface area (Å²) in [6.07, 6.45) is 0.456. The van der Waals surface area contributed by atoms with Crippen LogP contribution in [0.15, 0.2) is 0 Å². The molecule has 0 bridgehead atoms. The van der Waals surface area contributed by atoms with Crippen LogP contribution in [0.4, 0.5) is 0 Å². The van der Waals surface area contributed by atoms with Crippen LogP contribution in [0.1, 0.15) is 55.4 Å². The molecule has 0 saturated carbocycles. The predicted molar refractivity (Wildman–Crippen MR) is 123 cm³/mol. The number of hydrogen-bond donors (Lipinski definition) is 1. The topological polar surface area (TPSA) is 63.6 Å². The average molecular weight is 720 g/mol. The molecule has 0 aromatic carbocycles. The first kappa shape index (κ1) is 30.6. The SMILES string of the molecule is CC(C)C(=O)OCC(C)(C)C(O)C(C)C.CC(C)C=O.[I][V]([I])[I]. The van der Waals surface area contributed by atoms with Crippen molar-refractivity contribution >= 4 is 72.2 Å². The first-order valence-electron chi connectivity index (χ1n) is 7.76. The van der Waals surface area contributed by atoms with Crippen LogP contribution in [0, 0.1) is 23.2 Å². The summed E-state index contributed by atoms with van der Waals surface area (Å²) >= 11 is 7.39. The standard InChI is InChI=1S/C12H24O3.C4H8O.3HI.V/c1-8(2)10(13)12(5,6)7-15-11(14)9(3)4;1-4(2)3-5;;;;/h8-10,13H,7H2,1-6H3;3-4H,1-2H3;3*1H;/q;;;;;+3/p-3. The van der Waals surface area contributed by atoms with E-state index in [1.807, 2.05) is 41.5 Å². The van der Waals surface area contributed by atoms with E-state index in [0.717, 1.165) is 6.29 Å². The van der Waals surface area contributed by atoms with Crippen molar-refractivity contribution in [3.8, 4) is 0 Å². The summed E-state index contributed by atoms with van der Waals surface area (Å²) in [5.41, 5.74) is -0.390. The number of carbonyl (C=O) groups is 2. The molecule has 1 unspecified atom stereocenters. The van der Waals surface area contributed by atoms with Crippen molar-refractivity contribution < 1.29 is 24.4 Å². The van der Waals surface area contributed by atoms with E-state index in [9.17, 15) is 14.7 Å². The third kappa shape index (κ3) is 21.9. The summed E-state index contributed by atoms with van der Waals surface area (Å²) in [6, 6.07) is 0. The monoisotopic (exact) mass is 720 g/mol. The summed E-state index contributed by atoms with van der Waals surface area (Å²) in [4.78, 5) is 20.5. The van der Waals surface area contributed by atoms with Gasteiger partial charge in [-0.2, -0.15) is 0 Å². The number of carbonyl (C=O) groups excluding carboxylic acids is 2. The van der Waals surface area contributed by atoms with Crippen molar-refractivity contribution in [2.75, 3.05) is 6.61 Å². The third-order valence-electron chi connectivity index (χ3n) is 2.76. The van der Waals surface area contributed by atoms with Crippen LogP contribution in [-0.4, -0.2) is 30.1 Å². The molecule has 1 atom stereocenters. The quantitative estimate of drug-likeness (QED) is 0.217. The van der Waals surface area contributed by atoms with E-state index in [-0.39, 0.29) is 35.3 Å². The van der Waals surface area contributed by atoms with Crippen LogP contribution in [0.25, 0.3) is 0 Å². The van der Waals surface area contributed by atoms with Gasteiger partial charge >= 0.3 is 70.8 Å². The summed E-state index contributed by atoms with van der Waals surface area (Å²) in [5.74, 6) is 0.0452. The summed E-state index contributed by atoms with van der Waals surface area (Å²) in [6.45, 7) is 15.3. The van der Waals surface area contributed by atoms with Crippen LogP contribution in [0.5, 0.6) is 0 Å². The normalized spacial score (nSPS) is 12.3. The van der Waals surface area contributed by atoms with Gasteiger partial charge in [0.25, 0.3) is 0 Å². The van der Waals surface area contributed by atoms with Crippen molar-refractivity contribution in [2.24, 2.45) is 23.2 Å². The molecule has 0 fully saturated rings. The first-order valence-corrected chi connectivity index (χ1v) is 21.3. The zero-order valence-electron chi connectivity index (χ0n) is 15.8. The van der Waals surface area contributed by atoms with Gasteiger partial charge in [-0.3, -0.25) is 4.79 Å². The maximum atomic E-state index is 11.3. The van der Waals surface area contributed by atoms with Crippen LogP contribution >= 0.6 is 59.9 Å². The van der Waals surface area contributed by atoms with E-state index in [4.69, 9.17) is 4.74 Å². The molecule has 146 valence electrons. The Morgan fingerprint density at radius 2 is 1.46 bits per heavy atom. The molecular formula is C16H32I3O4V. The van der Waals surface area contributed by atoms with Gasteiger partial charge in [0.1, 0.15) is 6.29 Å². The summed E-state index contributed by atoms with van der Waals surface area (Å²) in [5, 5.41) is 9.91. The fourth-order valence-corrected chi connectivity index (χ4v) is 1.41. The van der Waals surface area contributed by atoms with E-state index in [1.165, 1.54) is 0 Å². The number of aldehydes is 1. The van der Waals surface area contributed by atoms with Crippen molar-refractivity contribution in [2.45, 2.75) is 61.5 Å². The number of esters is 1. The molecule has 4 nitrogen and oxygen atoms in total. The summed E-state index contributed by atoms with van der Waals surface area (Å²) < 4.78 is 5.14. The van der Waals surface area contributed by atoms with Gasteiger partial charge in [-0.15, -0.1) is 0 Å². The van der Waals surface area contributed by atoms with E-state index >= 15 is 0 Å². The minimum absolute atomic E-state index is 0.114. The van der Waals surface area contributed by atoms with Gasteiger partial charge in [-0.05, 0) is 5.92 Å². The Morgan fingerprint density at radius 3 is 1.67 bits per heavy atom. The van der Waals surface area contributed by atoms with Crippen molar-refractivity contribution in [3.63, 3.8) is 0 Å². The second kappa shape index (κ2) is 17.0. The van der Waals surface area contributed by atoms with Crippen molar-refractivity contribution in [3.05, 3.63) is 0 Å². The van der Waals surface area contributed by atoms with Crippen LogP contribution in [0.3, 0.4) is 0 Å². The Morgan fingerprint density at radius 1 is 1.12 bits per heavy atom. The second-order valence-electron chi connectivity index (χ2n) is 7.01. The molecule has 0 rings (SSSR count). The van der Waals surface area contributed by atoms with Gasteiger partial charge in [0.05, 0.1) is 18.6 Å².